The second-order valence-electron chi connectivity index (χ2n) is 5.96. The molecule has 2 rings (SSSR count). The van der Waals surface area contributed by atoms with Crippen molar-refractivity contribution in [3.8, 4) is 0 Å². The molecule has 0 aliphatic heterocycles. The molecule has 0 bridgehead atoms. The maximum atomic E-state index is 6.45. The Morgan fingerprint density at radius 2 is 2.10 bits per heavy atom. The van der Waals surface area contributed by atoms with Crippen LogP contribution in [0.25, 0.3) is 0 Å². The predicted molar refractivity (Wildman–Crippen MR) is 87.7 cm³/mol. The second kappa shape index (κ2) is 7.58. The first-order valence-corrected chi connectivity index (χ1v) is 8.57. The number of halogens is 1. The van der Waals surface area contributed by atoms with E-state index in [9.17, 15) is 0 Å². The van der Waals surface area contributed by atoms with Gasteiger partial charge in [0.2, 0.25) is 0 Å². The predicted octanol–water partition coefficient (Wildman–Crippen LogP) is 4.82. The van der Waals surface area contributed by atoms with Crippen molar-refractivity contribution in [1.82, 2.24) is 0 Å². The molecule has 1 aliphatic rings. The number of benzene rings is 1. The van der Waals surface area contributed by atoms with Gasteiger partial charge >= 0.3 is 0 Å². The van der Waals surface area contributed by atoms with Gasteiger partial charge in [0, 0.05) is 10.5 Å². The second-order valence-corrected chi connectivity index (χ2v) is 6.88. The number of hydrogen-bond acceptors (Lipinski definition) is 2. The van der Waals surface area contributed by atoms with E-state index in [1.165, 1.54) is 37.7 Å². The van der Waals surface area contributed by atoms with E-state index >= 15 is 0 Å². The molecule has 112 valence electrons. The van der Waals surface area contributed by atoms with Crippen LogP contribution < -0.4 is 5.73 Å². The smallest absolute Gasteiger partial charge is 0.0977 e. The molecule has 0 spiro atoms. The molecule has 4 atom stereocenters. The van der Waals surface area contributed by atoms with Gasteiger partial charge in [-0.2, -0.15) is 0 Å². The van der Waals surface area contributed by atoms with E-state index in [-0.39, 0.29) is 12.1 Å². The highest BCUT2D eigenvalue weighted by Crippen LogP contribution is 2.34. The average molecular weight is 340 g/mol. The van der Waals surface area contributed by atoms with Gasteiger partial charge in [-0.25, -0.2) is 0 Å². The molecule has 0 radical (unpaired) electrons. The van der Waals surface area contributed by atoms with Crippen LogP contribution in [0.4, 0.5) is 0 Å². The van der Waals surface area contributed by atoms with E-state index in [2.05, 4.69) is 41.1 Å². The van der Waals surface area contributed by atoms with Crippen molar-refractivity contribution in [3.63, 3.8) is 0 Å². The molecule has 0 saturated heterocycles. The Balaban J connectivity index is 2.13. The fourth-order valence-electron chi connectivity index (χ4n) is 3.20. The lowest BCUT2D eigenvalue weighted by Crippen LogP contribution is -2.35. The summed E-state index contributed by atoms with van der Waals surface area (Å²) in [6, 6.07) is 8.33. The first-order chi connectivity index (χ1) is 9.61. The minimum absolute atomic E-state index is 0.00346. The van der Waals surface area contributed by atoms with Crippen molar-refractivity contribution in [2.75, 3.05) is 0 Å². The molecule has 0 heterocycles. The van der Waals surface area contributed by atoms with Gasteiger partial charge in [-0.15, -0.1) is 0 Å². The number of rotatable bonds is 5. The van der Waals surface area contributed by atoms with Gasteiger partial charge in [0.25, 0.3) is 0 Å². The minimum Gasteiger partial charge on any atom is -0.368 e. The number of nitrogens with two attached hydrogens (primary N) is 1. The first-order valence-electron chi connectivity index (χ1n) is 7.78. The van der Waals surface area contributed by atoms with Crippen LogP contribution in [-0.2, 0) is 4.74 Å². The Morgan fingerprint density at radius 1 is 1.35 bits per heavy atom. The van der Waals surface area contributed by atoms with Crippen LogP contribution in [0.1, 0.15) is 57.6 Å². The van der Waals surface area contributed by atoms with Gasteiger partial charge in [0.15, 0.2) is 0 Å². The van der Waals surface area contributed by atoms with Gasteiger partial charge in [0.05, 0.1) is 12.2 Å². The lowest BCUT2D eigenvalue weighted by molar-refractivity contribution is -0.0701. The molecule has 0 aromatic heterocycles. The monoisotopic (exact) mass is 339 g/mol. The summed E-state index contributed by atoms with van der Waals surface area (Å²) in [5.74, 6) is 0.692. The van der Waals surface area contributed by atoms with Crippen LogP contribution in [-0.4, -0.2) is 12.1 Å². The van der Waals surface area contributed by atoms with Crippen molar-refractivity contribution in [2.24, 2.45) is 11.7 Å². The normalized spacial score (nSPS) is 26.2. The molecule has 0 amide bonds. The highest BCUT2D eigenvalue weighted by Gasteiger charge is 2.29. The van der Waals surface area contributed by atoms with E-state index in [0.29, 0.717) is 12.0 Å². The van der Waals surface area contributed by atoms with Crippen LogP contribution in [0.5, 0.6) is 0 Å². The van der Waals surface area contributed by atoms with Crippen LogP contribution in [0, 0.1) is 5.92 Å². The molecule has 1 saturated carbocycles. The summed E-state index contributed by atoms with van der Waals surface area (Å²) >= 11 is 3.53. The Bertz CT molecular complexity index is 421. The van der Waals surface area contributed by atoms with Crippen LogP contribution in [0.2, 0.25) is 0 Å². The zero-order chi connectivity index (χ0) is 14.5. The molecule has 20 heavy (non-hydrogen) atoms. The van der Waals surface area contributed by atoms with Crippen LogP contribution in [0.3, 0.4) is 0 Å². The molecule has 2 nitrogen and oxygen atoms in total. The van der Waals surface area contributed by atoms with Crippen molar-refractivity contribution in [3.05, 3.63) is 34.3 Å². The molecule has 4 unspecified atom stereocenters. The van der Waals surface area contributed by atoms with Gasteiger partial charge in [-0.1, -0.05) is 54.2 Å². The van der Waals surface area contributed by atoms with Gasteiger partial charge in [0.1, 0.15) is 0 Å². The molecule has 1 aromatic carbocycles. The topological polar surface area (TPSA) is 35.2 Å². The summed E-state index contributed by atoms with van der Waals surface area (Å²) < 4.78 is 7.53. The third-order valence-electron chi connectivity index (χ3n) is 4.34. The van der Waals surface area contributed by atoms with E-state index in [1.807, 2.05) is 13.0 Å². The summed E-state index contributed by atoms with van der Waals surface area (Å²) in [5, 5.41) is 0. The molecular weight excluding hydrogens is 314 g/mol. The lowest BCUT2D eigenvalue weighted by Gasteiger charge is -2.35. The van der Waals surface area contributed by atoms with Gasteiger partial charge in [-0.05, 0) is 43.4 Å². The first kappa shape index (κ1) is 16.0. The average Bonchev–Trinajstić information content (AvgIpc) is 2.44. The van der Waals surface area contributed by atoms with Crippen molar-refractivity contribution in [2.45, 2.75) is 64.2 Å². The highest BCUT2D eigenvalue weighted by atomic mass is 79.9. The van der Waals surface area contributed by atoms with Crippen LogP contribution in [0.15, 0.2) is 28.7 Å². The standard InChI is InChI=1S/C17H26BrNO/c1-3-13-7-4-5-10-16(13)20-17(12(2)19)14-8-6-9-15(18)11-14/h6,8-9,11-13,16-17H,3-5,7,10,19H2,1-2H3. The Labute approximate surface area is 131 Å². The number of ether oxygens (including phenoxy) is 1. The largest absolute Gasteiger partial charge is 0.368 e. The Hall–Kier alpha value is -0.380. The third kappa shape index (κ3) is 4.06. The van der Waals surface area contributed by atoms with E-state index in [1.54, 1.807) is 0 Å². The zero-order valence-corrected chi connectivity index (χ0v) is 14.1. The Morgan fingerprint density at radius 3 is 2.75 bits per heavy atom. The summed E-state index contributed by atoms with van der Waals surface area (Å²) in [5.41, 5.74) is 7.36. The third-order valence-corrected chi connectivity index (χ3v) is 4.83. The molecule has 1 aliphatic carbocycles. The van der Waals surface area contributed by atoms with Gasteiger partial charge < -0.3 is 10.5 Å². The summed E-state index contributed by atoms with van der Waals surface area (Å²) in [7, 11) is 0. The van der Waals surface area contributed by atoms with E-state index in [4.69, 9.17) is 10.5 Å². The summed E-state index contributed by atoms with van der Waals surface area (Å²) in [4.78, 5) is 0. The summed E-state index contributed by atoms with van der Waals surface area (Å²) in [6.45, 7) is 4.31. The van der Waals surface area contributed by atoms with E-state index < -0.39 is 0 Å². The minimum atomic E-state index is -0.00958. The van der Waals surface area contributed by atoms with Crippen molar-refractivity contribution >= 4 is 15.9 Å². The zero-order valence-electron chi connectivity index (χ0n) is 12.5. The van der Waals surface area contributed by atoms with Gasteiger partial charge in [-0.3, -0.25) is 0 Å². The maximum Gasteiger partial charge on any atom is 0.0977 e. The van der Waals surface area contributed by atoms with Crippen LogP contribution >= 0.6 is 15.9 Å². The summed E-state index contributed by atoms with van der Waals surface area (Å²) in [6.07, 6.45) is 6.66. The molecule has 2 N–H and O–H groups in total. The SMILES string of the molecule is CCC1CCCCC1OC(c1cccc(Br)c1)C(C)N. The molecule has 1 fully saturated rings. The number of hydrogen-bond donors (Lipinski definition) is 1. The maximum absolute atomic E-state index is 6.45. The van der Waals surface area contributed by atoms with Crippen molar-refractivity contribution < 1.29 is 4.74 Å². The lowest BCUT2D eigenvalue weighted by atomic mass is 9.84. The van der Waals surface area contributed by atoms with Crippen molar-refractivity contribution in [1.29, 1.82) is 0 Å². The molecule has 1 aromatic rings. The molecular formula is C17H26BrNO. The molecule has 3 heteroatoms. The fraction of sp³-hybridized carbons (Fsp3) is 0.647. The fourth-order valence-corrected chi connectivity index (χ4v) is 3.61. The highest BCUT2D eigenvalue weighted by molar-refractivity contribution is 9.10. The Kier molecular flexibility index (Phi) is 6.06. The quantitative estimate of drug-likeness (QED) is 0.834. The van der Waals surface area contributed by atoms with E-state index in [0.717, 1.165) is 4.47 Å².